The standard InChI is InChI=1S/C33H63NO6S/c1-3-5-7-9-11-12-13-14-15-16-17-18-19-20-21-22-24-26-28-32(36)33(37)34-30(29-41(38,39)40)31(35)27-25-23-10-8-6-4-2/h16-17,25,27,30-32,35-36H,3-15,18-24,26,28-29H2,1-2H3,(H,34,37)(H,38,39,40)/b17-16-,27-25+. The van der Waals surface area contributed by atoms with E-state index in [4.69, 9.17) is 0 Å². The second kappa shape index (κ2) is 27.6. The third kappa shape index (κ3) is 27.4. The number of amides is 1. The van der Waals surface area contributed by atoms with Gasteiger partial charge in [0.1, 0.15) is 6.10 Å². The molecule has 8 heteroatoms. The van der Waals surface area contributed by atoms with Crippen LogP contribution >= 0.6 is 0 Å². The number of aliphatic hydroxyl groups excluding tert-OH is 2. The highest BCUT2D eigenvalue weighted by Crippen LogP contribution is 2.13. The predicted octanol–water partition coefficient (Wildman–Crippen LogP) is 7.82. The lowest BCUT2D eigenvalue weighted by atomic mass is 10.0. The van der Waals surface area contributed by atoms with Crippen LogP contribution in [0.3, 0.4) is 0 Å². The van der Waals surface area contributed by atoms with E-state index in [2.05, 4.69) is 31.3 Å². The first-order chi connectivity index (χ1) is 19.7. The topological polar surface area (TPSA) is 124 Å². The number of nitrogens with one attached hydrogen (secondary N) is 1. The first kappa shape index (κ1) is 39.8. The average molecular weight is 602 g/mol. The third-order valence-electron chi connectivity index (χ3n) is 7.48. The van der Waals surface area contributed by atoms with Gasteiger partial charge in [0, 0.05) is 0 Å². The lowest BCUT2D eigenvalue weighted by Crippen LogP contribution is -2.50. The van der Waals surface area contributed by atoms with Crippen molar-refractivity contribution in [1.29, 1.82) is 0 Å². The fraction of sp³-hybridized carbons (Fsp3) is 0.848. The van der Waals surface area contributed by atoms with Crippen molar-refractivity contribution in [2.45, 2.75) is 173 Å². The normalized spacial score (nSPS) is 14.6. The van der Waals surface area contributed by atoms with Gasteiger partial charge in [-0.3, -0.25) is 9.35 Å². The van der Waals surface area contributed by atoms with Crippen LogP contribution in [0.15, 0.2) is 24.3 Å². The van der Waals surface area contributed by atoms with Gasteiger partial charge in [0.25, 0.3) is 10.1 Å². The molecule has 0 saturated carbocycles. The highest BCUT2D eigenvalue weighted by Gasteiger charge is 2.27. The summed E-state index contributed by atoms with van der Waals surface area (Å²) in [4.78, 5) is 12.4. The average Bonchev–Trinajstić information content (AvgIpc) is 2.92. The molecule has 41 heavy (non-hydrogen) atoms. The largest absolute Gasteiger partial charge is 0.387 e. The first-order valence-corrected chi connectivity index (χ1v) is 18.3. The van der Waals surface area contributed by atoms with Crippen LogP contribution in [0.4, 0.5) is 0 Å². The molecule has 7 nitrogen and oxygen atoms in total. The van der Waals surface area contributed by atoms with Crippen LogP contribution in [0, 0.1) is 0 Å². The first-order valence-electron chi connectivity index (χ1n) is 16.6. The Balaban J connectivity index is 4.00. The Morgan fingerprint density at radius 1 is 0.659 bits per heavy atom. The summed E-state index contributed by atoms with van der Waals surface area (Å²) in [5.41, 5.74) is 0. The van der Waals surface area contributed by atoms with E-state index in [9.17, 15) is 28.0 Å². The molecular formula is C33H63NO6S. The molecule has 0 heterocycles. The van der Waals surface area contributed by atoms with Crippen LogP contribution in [0.5, 0.6) is 0 Å². The zero-order valence-corrected chi connectivity index (χ0v) is 27.1. The number of allylic oxidation sites excluding steroid dienone is 3. The van der Waals surface area contributed by atoms with Crippen molar-refractivity contribution in [3.8, 4) is 0 Å². The quantitative estimate of drug-likeness (QED) is 0.0394. The Bertz CT molecular complexity index is 768. The number of carbonyl (C=O) groups is 1. The summed E-state index contributed by atoms with van der Waals surface area (Å²) in [6, 6.07) is -1.23. The molecule has 0 aliphatic heterocycles. The summed E-state index contributed by atoms with van der Waals surface area (Å²) in [7, 11) is -4.42. The van der Waals surface area contributed by atoms with Crippen molar-refractivity contribution in [3.63, 3.8) is 0 Å². The van der Waals surface area contributed by atoms with Gasteiger partial charge in [0.05, 0.1) is 17.9 Å². The van der Waals surface area contributed by atoms with Crippen LogP contribution in [0.2, 0.25) is 0 Å². The Morgan fingerprint density at radius 2 is 1.07 bits per heavy atom. The molecular weight excluding hydrogens is 538 g/mol. The number of rotatable bonds is 29. The predicted molar refractivity (Wildman–Crippen MR) is 172 cm³/mol. The molecule has 4 N–H and O–H groups in total. The number of hydrogen-bond donors (Lipinski definition) is 4. The molecule has 0 radical (unpaired) electrons. The van der Waals surface area contributed by atoms with Gasteiger partial charge in [-0.15, -0.1) is 0 Å². The minimum Gasteiger partial charge on any atom is -0.387 e. The van der Waals surface area contributed by atoms with Crippen molar-refractivity contribution >= 4 is 16.0 Å². The molecule has 0 aliphatic carbocycles. The van der Waals surface area contributed by atoms with Gasteiger partial charge in [0.2, 0.25) is 5.91 Å². The van der Waals surface area contributed by atoms with E-state index in [1.165, 1.54) is 76.7 Å². The van der Waals surface area contributed by atoms with E-state index in [0.29, 0.717) is 6.42 Å². The Hall–Kier alpha value is -1.22. The molecule has 0 bridgehead atoms. The Kier molecular flexibility index (Phi) is 26.8. The molecule has 0 aliphatic rings. The summed E-state index contributed by atoms with van der Waals surface area (Å²) in [5.74, 6) is -1.55. The molecule has 1 amide bonds. The monoisotopic (exact) mass is 601 g/mol. The van der Waals surface area contributed by atoms with Gasteiger partial charge in [-0.05, 0) is 44.9 Å². The fourth-order valence-corrected chi connectivity index (χ4v) is 5.59. The smallest absolute Gasteiger partial charge is 0.267 e. The van der Waals surface area contributed by atoms with Crippen molar-refractivity contribution in [3.05, 3.63) is 24.3 Å². The molecule has 3 unspecified atom stereocenters. The van der Waals surface area contributed by atoms with Gasteiger partial charge in [-0.1, -0.05) is 134 Å². The zero-order valence-electron chi connectivity index (χ0n) is 26.3. The molecule has 3 atom stereocenters. The van der Waals surface area contributed by atoms with Crippen molar-refractivity contribution in [1.82, 2.24) is 5.32 Å². The number of hydrogen-bond acceptors (Lipinski definition) is 5. The summed E-state index contributed by atoms with van der Waals surface area (Å²) >= 11 is 0. The summed E-state index contributed by atoms with van der Waals surface area (Å²) in [6.45, 7) is 4.38. The van der Waals surface area contributed by atoms with Crippen LogP contribution in [0.25, 0.3) is 0 Å². The van der Waals surface area contributed by atoms with Gasteiger partial charge >= 0.3 is 0 Å². The molecule has 0 spiro atoms. The summed E-state index contributed by atoms with van der Waals surface area (Å²) < 4.78 is 32.1. The zero-order chi connectivity index (χ0) is 30.6. The summed E-state index contributed by atoms with van der Waals surface area (Å²) in [6.07, 6.45) is 29.9. The van der Waals surface area contributed by atoms with Crippen LogP contribution in [-0.2, 0) is 14.9 Å². The minimum absolute atomic E-state index is 0.273. The van der Waals surface area contributed by atoms with E-state index in [1.807, 2.05) is 0 Å². The van der Waals surface area contributed by atoms with Gasteiger partial charge in [-0.25, -0.2) is 0 Å². The third-order valence-corrected chi connectivity index (χ3v) is 8.26. The van der Waals surface area contributed by atoms with Crippen molar-refractivity contribution < 1.29 is 28.0 Å². The number of aliphatic hydroxyl groups is 2. The molecule has 0 rings (SSSR count). The number of unbranched alkanes of at least 4 members (excludes halogenated alkanes) is 18. The maximum atomic E-state index is 12.4. The van der Waals surface area contributed by atoms with E-state index in [0.717, 1.165) is 57.8 Å². The molecule has 0 aromatic carbocycles. The molecule has 0 saturated heterocycles. The van der Waals surface area contributed by atoms with Gasteiger partial charge in [0.15, 0.2) is 0 Å². The van der Waals surface area contributed by atoms with Gasteiger partial charge in [-0.2, -0.15) is 8.42 Å². The lowest BCUT2D eigenvalue weighted by Gasteiger charge is -2.22. The fourth-order valence-electron chi connectivity index (χ4n) is 4.86. The van der Waals surface area contributed by atoms with E-state index < -0.39 is 40.0 Å². The summed E-state index contributed by atoms with van der Waals surface area (Å²) in [5, 5.41) is 23.0. The van der Waals surface area contributed by atoms with Crippen LogP contribution in [-0.4, -0.2) is 53.1 Å². The number of carbonyl (C=O) groups excluding carboxylic acids is 1. The molecule has 242 valence electrons. The van der Waals surface area contributed by atoms with Crippen LogP contribution < -0.4 is 5.32 Å². The van der Waals surface area contributed by atoms with E-state index in [-0.39, 0.29) is 6.42 Å². The second-order valence-electron chi connectivity index (χ2n) is 11.6. The lowest BCUT2D eigenvalue weighted by molar-refractivity contribution is -0.130. The molecule has 0 fully saturated rings. The molecule has 0 aromatic heterocycles. The Morgan fingerprint density at radius 3 is 1.56 bits per heavy atom. The maximum absolute atomic E-state index is 12.4. The van der Waals surface area contributed by atoms with Gasteiger partial charge < -0.3 is 15.5 Å². The minimum atomic E-state index is -4.42. The second-order valence-corrected chi connectivity index (χ2v) is 13.1. The maximum Gasteiger partial charge on any atom is 0.267 e. The highest BCUT2D eigenvalue weighted by molar-refractivity contribution is 7.85. The van der Waals surface area contributed by atoms with Crippen molar-refractivity contribution in [2.24, 2.45) is 0 Å². The highest BCUT2D eigenvalue weighted by atomic mass is 32.2. The van der Waals surface area contributed by atoms with E-state index in [1.54, 1.807) is 6.08 Å². The molecule has 0 aromatic rings. The van der Waals surface area contributed by atoms with Crippen molar-refractivity contribution in [2.75, 3.05) is 5.75 Å². The SMILES string of the molecule is CCCCCC/C=C/C(O)C(CS(=O)(=O)O)NC(=O)C(O)CCCCCCCC/C=C\CCCCCCCCCC. The van der Waals surface area contributed by atoms with E-state index >= 15 is 0 Å². The Labute approximate surface area is 252 Å². The van der Waals surface area contributed by atoms with Crippen LogP contribution in [0.1, 0.15) is 155 Å².